The van der Waals surface area contributed by atoms with Gasteiger partial charge in [0.2, 0.25) is 0 Å². The number of rotatable bonds is 2. The largest absolute Gasteiger partial charge is 0.207 e. The molecule has 0 atom stereocenters. The zero-order chi connectivity index (χ0) is 9.14. The lowest BCUT2D eigenvalue weighted by Gasteiger charge is -1.99. The van der Waals surface area contributed by atoms with Crippen LogP contribution in [-0.2, 0) is 6.42 Å². The number of allylic oxidation sites excluding steroid dienone is 1. The minimum atomic E-state index is -0.595. The molecule has 0 unspecified atom stereocenters. The van der Waals surface area contributed by atoms with E-state index in [9.17, 15) is 8.78 Å². The number of hydrogen-bond donors (Lipinski definition) is 0. The maximum absolute atomic E-state index is 12.6. The zero-order valence-electron chi connectivity index (χ0n) is 6.28. The Bertz CT molecular complexity index is 287. The van der Waals surface area contributed by atoms with Gasteiger partial charge in [-0.2, -0.15) is 0 Å². The Morgan fingerprint density at radius 3 is 2.17 bits per heavy atom. The van der Waals surface area contributed by atoms with Crippen molar-refractivity contribution in [2.75, 3.05) is 0 Å². The van der Waals surface area contributed by atoms with Crippen LogP contribution >= 0.6 is 11.6 Å². The smallest absolute Gasteiger partial charge is 0.126 e. The molecule has 0 aliphatic rings. The van der Waals surface area contributed by atoms with Crippen molar-refractivity contribution in [3.8, 4) is 0 Å². The van der Waals surface area contributed by atoms with Crippen LogP contribution in [0.1, 0.15) is 5.56 Å². The molecule has 0 heterocycles. The standard InChI is InChI=1S/C9H7ClF2/c1-6(10)2-7-3-8(11)5-9(12)4-7/h3-5H,1-2H2. The summed E-state index contributed by atoms with van der Waals surface area (Å²) < 4.78 is 25.1. The first-order valence-corrected chi connectivity index (χ1v) is 3.74. The van der Waals surface area contributed by atoms with Crippen LogP contribution in [-0.4, -0.2) is 0 Å². The minimum absolute atomic E-state index is 0.288. The van der Waals surface area contributed by atoms with Crippen LogP contribution < -0.4 is 0 Å². The van der Waals surface area contributed by atoms with Gasteiger partial charge in [0, 0.05) is 17.5 Å². The minimum Gasteiger partial charge on any atom is -0.207 e. The number of hydrogen-bond acceptors (Lipinski definition) is 0. The van der Waals surface area contributed by atoms with Gasteiger partial charge in [-0.3, -0.25) is 0 Å². The molecule has 0 nitrogen and oxygen atoms in total. The topological polar surface area (TPSA) is 0 Å². The van der Waals surface area contributed by atoms with E-state index < -0.39 is 11.6 Å². The first-order chi connectivity index (χ1) is 5.58. The van der Waals surface area contributed by atoms with Crippen molar-refractivity contribution in [2.24, 2.45) is 0 Å². The molecule has 0 fully saturated rings. The molecule has 64 valence electrons. The predicted molar refractivity (Wildman–Crippen MR) is 45.1 cm³/mol. The van der Waals surface area contributed by atoms with Gasteiger partial charge in [-0.1, -0.05) is 18.2 Å². The summed E-state index contributed by atoms with van der Waals surface area (Å²) in [5, 5.41) is 0.361. The predicted octanol–water partition coefficient (Wildman–Crippen LogP) is 3.26. The fourth-order valence-corrected chi connectivity index (χ4v) is 1.09. The highest BCUT2D eigenvalue weighted by Gasteiger charge is 2.00. The molecule has 0 N–H and O–H groups in total. The van der Waals surface area contributed by atoms with Crippen molar-refractivity contribution in [3.05, 3.63) is 47.0 Å². The van der Waals surface area contributed by atoms with E-state index in [0.29, 0.717) is 10.6 Å². The molecular formula is C9H7ClF2. The van der Waals surface area contributed by atoms with Crippen molar-refractivity contribution in [3.63, 3.8) is 0 Å². The van der Waals surface area contributed by atoms with Crippen LogP contribution in [0.2, 0.25) is 0 Å². The summed E-state index contributed by atoms with van der Waals surface area (Å²) in [7, 11) is 0. The van der Waals surface area contributed by atoms with E-state index in [-0.39, 0.29) is 6.42 Å². The Morgan fingerprint density at radius 2 is 1.75 bits per heavy atom. The van der Waals surface area contributed by atoms with Crippen molar-refractivity contribution in [1.82, 2.24) is 0 Å². The summed E-state index contributed by atoms with van der Waals surface area (Å²) >= 11 is 5.48. The van der Waals surface area contributed by atoms with Gasteiger partial charge < -0.3 is 0 Å². The number of halogens is 3. The molecule has 0 saturated carbocycles. The average molecular weight is 189 g/mol. The Morgan fingerprint density at radius 1 is 1.25 bits per heavy atom. The Kier molecular flexibility index (Phi) is 2.82. The van der Waals surface area contributed by atoms with Crippen molar-refractivity contribution in [2.45, 2.75) is 6.42 Å². The van der Waals surface area contributed by atoms with Crippen molar-refractivity contribution in [1.29, 1.82) is 0 Å². The van der Waals surface area contributed by atoms with Gasteiger partial charge in [-0.05, 0) is 17.7 Å². The van der Waals surface area contributed by atoms with E-state index in [1.807, 2.05) is 0 Å². The summed E-state index contributed by atoms with van der Waals surface area (Å²) in [6.07, 6.45) is 0.288. The average Bonchev–Trinajstić information content (AvgIpc) is 1.81. The molecule has 0 bridgehead atoms. The van der Waals surface area contributed by atoms with Crippen LogP contribution in [0.4, 0.5) is 8.78 Å². The second-order valence-electron chi connectivity index (χ2n) is 2.47. The van der Waals surface area contributed by atoms with Crippen molar-refractivity contribution >= 4 is 11.6 Å². The second kappa shape index (κ2) is 3.68. The van der Waals surface area contributed by atoms with Gasteiger partial charge in [-0.15, -0.1) is 0 Å². The second-order valence-corrected chi connectivity index (χ2v) is 3.01. The Hall–Kier alpha value is -0.890. The molecule has 1 aromatic carbocycles. The molecule has 0 radical (unpaired) electrons. The molecule has 1 rings (SSSR count). The van der Waals surface area contributed by atoms with E-state index in [2.05, 4.69) is 6.58 Å². The molecule has 3 heteroatoms. The molecule has 12 heavy (non-hydrogen) atoms. The van der Waals surface area contributed by atoms with Crippen LogP contribution in [0.15, 0.2) is 29.8 Å². The summed E-state index contributed by atoms with van der Waals surface area (Å²) in [5.74, 6) is -1.19. The lowest BCUT2D eigenvalue weighted by molar-refractivity contribution is 0.580. The lowest BCUT2D eigenvalue weighted by Crippen LogP contribution is -1.88. The third-order valence-corrected chi connectivity index (χ3v) is 1.45. The maximum Gasteiger partial charge on any atom is 0.126 e. The molecular weight excluding hydrogens is 182 g/mol. The molecule has 0 aromatic heterocycles. The van der Waals surface area contributed by atoms with Crippen LogP contribution in [0.25, 0.3) is 0 Å². The Balaban J connectivity index is 2.93. The molecule has 0 amide bonds. The zero-order valence-corrected chi connectivity index (χ0v) is 7.04. The van der Waals surface area contributed by atoms with E-state index in [0.717, 1.165) is 6.07 Å². The van der Waals surface area contributed by atoms with Gasteiger partial charge in [0.25, 0.3) is 0 Å². The fourth-order valence-electron chi connectivity index (χ4n) is 0.934. The third kappa shape index (κ3) is 2.62. The van der Waals surface area contributed by atoms with E-state index in [1.54, 1.807) is 0 Å². The Labute approximate surface area is 74.5 Å². The fraction of sp³-hybridized carbons (Fsp3) is 0.111. The van der Waals surface area contributed by atoms with Gasteiger partial charge in [-0.25, -0.2) is 8.78 Å². The van der Waals surface area contributed by atoms with E-state index in [4.69, 9.17) is 11.6 Å². The lowest BCUT2D eigenvalue weighted by atomic mass is 10.1. The van der Waals surface area contributed by atoms with Crippen LogP contribution in [0.3, 0.4) is 0 Å². The highest BCUT2D eigenvalue weighted by atomic mass is 35.5. The summed E-state index contributed by atoms with van der Waals surface area (Å²) in [4.78, 5) is 0. The summed E-state index contributed by atoms with van der Waals surface area (Å²) in [6.45, 7) is 3.43. The number of benzene rings is 1. The monoisotopic (exact) mass is 188 g/mol. The first-order valence-electron chi connectivity index (χ1n) is 3.36. The molecule has 1 aromatic rings. The quantitative estimate of drug-likeness (QED) is 0.668. The maximum atomic E-state index is 12.6. The first kappa shape index (κ1) is 9.20. The van der Waals surface area contributed by atoms with Crippen LogP contribution in [0, 0.1) is 11.6 Å². The molecule has 0 aliphatic carbocycles. The van der Waals surface area contributed by atoms with Crippen molar-refractivity contribution < 1.29 is 8.78 Å². The highest BCUT2D eigenvalue weighted by molar-refractivity contribution is 6.29. The summed E-state index contributed by atoms with van der Waals surface area (Å²) in [6, 6.07) is 3.29. The van der Waals surface area contributed by atoms with Gasteiger partial charge in [0.1, 0.15) is 11.6 Å². The third-order valence-electron chi connectivity index (χ3n) is 1.32. The van der Waals surface area contributed by atoms with Gasteiger partial charge in [0.15, 0.2) is 0 Å². The molecule has 0 aliphatic heterocycles. The van der Waals surface area contributed by atoms with E-state index >= 15 is 0 Å². The van der Waals surface area contributed by atoms with Gasteiger partial charge >= 0.3 is 0 Å². The normalized spacial score (nSPS) is 9.92. The van der Waals surface area contributed by atoms with E-state index in [1.165, 1.54) is 12.1 Å². The SMILES string of the molecule is C=C(Cl)Cc1cc(F)cc(F)c1. The van der Waals surface area contributed by atoms with Gasteiger partial charge in [0.05, 0.1) is 0 Å². The molecule has 0 spiro atoms. The summed E-state index contributed by atoms with van der Waals surface area (Å²) in [5.41, 5.74) is 0.493. The van der Waals surface area contributed by atoms with Crippen LogP contribution in [0.5, 0.6) is 0 Å². The molecule has 0 saturated heterocycles. The highest BCUT2D eigenvalue weighted by Crippen LogP contribution is 2.13.